The summed E-state index contributed by atoms with van der Waals surface area (Å²) in [5, 5.41) is 11.1. The molecule has 0 radical (unpaired) electrons. The van der Waals surface area contributed by atoms with Crippen LogP contribution < -0.4 is 0 Å². The Morgan fingerprint density at radius 1 is 1.45 bits per heavy atom. The molecule has 20 heavy (non-hydrogen) atoms. The zero-order chi connectivity index (χ0) is 15.1. The van der Waals surface area contributed by atoms with Gasteiger partial charge in [0.15, 0.2) is 0 Å². The SMILES string of the molecule is C=NC(=O)c1cc([N+](=O)[O-])c(CC=CCCC)cc1C. The third-order valence-electron chi connectivity index (χ3n) is 2.96. The Kier molecular flexibility index (Phi) is 5.77. The molecule has 0 atom stereocenters. The highest BCUT2D eigenvalue weighted by Gasteiger charge is 2.18. The van der Waals surface area contributed by atoms with Gasteiger partial charge in [-0.25, -0.2) is 4.99 Å². The van der Waals surface area contributed by atoms with Crippen LogP contribution in [0, 0.1) is 17.0 Å². The highest BCUT2D eigenvalue weighted by molar-refractivity contribution is 5.99. The number of aryl methyl sites for hydroxylation is 1. The minimum absolute atomic E-state index is 0.0521. The number of unbranched alkanes of at least 4 members (excludes halogenated alkanes) is 1. The van der Waals surface area contributed by atoms with Crippen LogP contribution in [0.25, 0.3) is 0 Å². The maximum absolute atomic E-state index is 11.6. The Morgan fingerprint density at radius 3 is 2.70 bits per heavy atom. The van der Waals surface area contributed by atoms with E-state index in [4.69, 9.17) is 0 Å². The molecule has 1 amide bonds. The monoisotopic (exact) mass is 274 g/mol. The molecule has 0 unspecified atom stereocenters. The van der Waals surface area contributed by atoms with Crippen LogP contribution in [0.3, 0.4) is 0 Å². The predicted octanol–water partition coefficient (Wildman–Crippen LogP) is 3.64. The lowest BCUT2D eigenvalue weighted by atomic mass is 10.00. The van der Waals surface area contributed by atoms with Crippen LogP contribution in [-0.2, 0) is 6.42 Å². The largest absolute Gasteiger partial charge is 0.276 e. The van der Waals surface area contributed by atoms with Crippen LogP contribution in [0.1, 0.15) is 41.3 Å². The van der Waals surface area contributed by atoms with Gasteiger partial charge in [0.05, 0.1) is 10.5 Å². The first-order chi connectivity index (χ1) is 9.51. The molecule has 0 aliphatic heterocycles. The van der Waals surface area contributed by atoms with Crippen molar-refractivity contribution < 1.29 is 9.72 Å². The summed E-state index contributed by atoms with van der Waals surface area (Å²) in [5.74, 6) is -0.543. The summed E-state index contributed by atoms with van der Waals surface area (Å²) in [4.78, 5) is 25.5. The first-order valence-electron chi connectivity index (χ1n) is 6.45. The fourth-order valence-electron chi connectivity index (χ4n) is 1.90. The van der Waals surface area contributed by atoms with Crippen molar-refractivity contribution in [1.82, 2.24) is 0 Å². The maximum atomic E-state index is 11.6. The van der Waals surface area contributed by atoms with E-state index in [9.17, 15) is 14.9 Å². The second kappa shape index (κ2) is 7.33. The van der Waals surface area contributed by atoms with Gasteiger partial charge in [-0.15, -0.1) is 0 Å². The highest BCUT2D eigenvalue weighted by Crippen LogP contribution is 2.25. The van der Waals surface area contributed by atoms with Gasteiger partial charge < -0.3 is 0 Å². The smallest absolute Gasteiger partial charge is 0.267 e. The Labute approximate surface area is 118 Å². The van der Waals surface area contributed by atoms with Crippen molar-refractivity contribution in [1.29, 1.82) is 0 Å². The molecule has 5 heteroatoms. The van der Waals surface area contributed by atoms with Gasteiger partial charge in [0.1, 0.15) is 0 Å². The summed E-state index contributed by atoms with van der Waals surface area (Å²) in [7, 11) is 0. The lowest BCUT2D eigenvalue weighted by molar-refractivity contribution is -0.385. The number of aliphatic imine (C=N–C) groups is 1. The number of hydrogen-bond acceptors (Lipinski definition) is 3. The summed E-state index contributed by atoms with van der Waals surface area (Å²) >= 11 is 0. The molecule has 0 bridgehead atoms. The fraction of sp³-hybridized carbons (Fsp3) is 0.333. The average molecular weight is 274 g/mol. The van der Waals surface area contributed by atoms with Gasteiger partial charge in [-0.05, 0) is 38.1 Å². The maximum Gasteiger partial charge on any atom is 0.276 e. The lowest BCUT2D eigenvalue weighted by Gasteiger charge is -2.06. The van der Waals surface area contributed by atoms with Gasteiger partial charge >= 0.3 is 0 Å². The molecule has 0 spiro atoms. The third-order valence-corrected chi connectivity index (χ3v) is 2.96. The summed E-state index contributed by atoms with van der Waals surface area (Å²) in [6.07, 6.45) is 6.38. The highest BCUT2D eigenvalue weighted by atomic mass is 16.6. The number of carbonyl (C=O) groups excluding carboxylic acids is 1. The minimum atomic E-state index is -0.543. The Hall–Kier alpha value is -2.30. The number of carbonyl (C=O) groups is 1. The molecule has 0 fully saturated rings. The zero-order valence-corrected chi connectivity index (χ0v) is 11.8. The number of hydrogen-bond donors (Lipinski definition) is 0. The molecule has 0 aromatic heterocycles. The first-order valence-corrected chi connectivity index (χ1v) is 6.45. The van der Waals surface area contributed by atoms with Gasteiger partial charge in [0.25, 0.3) is 11.6 Å². The van der Waals surface area contributed by atoms with Gasteiger partial charge in [-0.3, -0.25) is 14.9 Å². The molecule has 0 heterocycles. The number of nitrogens with zero attached hydrogens (tertiary/aromatic N) is 2. The summed E-state index contributed by atoms with van der Waals surface area (Å²) < 4.78 is 0. The molecule has 0 aliphatic rings. The molecule has 0 saturated carbocycles. The van der Waals surface area contributed by atoms with Gasteiger partial charge in [-0.1, -0.05) is 25.5 Å². The number of nitro benzene ring substituents is 1. The van der Waals surface area contributed by atoms with Gasteiger partial charge in [0.2, 0.25) is 0 Å². The fourth-order valence-corrected chi connectivity index (χ4v) is 1.90. The molecule has 0 aliphatic carbocycles. The van der Waals surface area contributed by atoms with Crippen LogP contribution in [0.4, 0.5) is 5.69 Å². The molecule has 106 valence electrons. The molecule has 1 aromatic rings. The topological polar surface area (TPSA) is 72.6 Å². The van der Waals surface area contributed by atoms with Gasteiger partial charge in [-0.2, -0.15) is 0 Å². The van der Waals surface area contributed by atoms with Crippen molar-refractivity contribution in [3.05, 3.63) is 51.1 Å². The normalized spacial score (nSPS) is 10.7. The minimum Gasteiger partial charge on any atom is -0.267 e. The number of benzene rings is 1. The Bertz CT molecular complexity index is 562. The quantitative estimate of drug-likeness (QED) is 0.344. The van der Waals surface area contributed by atoms with Crippen molar-refractivity contribution in [3.8, 4) is 0 Å². The number of amides is 1. The number of nitro groups is 1. The van der Waals surface area contributed by atoms with E-state index in [0.717, 1.165) is 12.8 Å². The molecule has 0 N–H and O–H groups in total. The zero-order valence-electron chi connectivity index (χ0n) is 11.8. The van der Waals surface area contributed by atoms with Crippen molar-refractivity contribution in [2.75, 3.05) is 0 Å². The second-order valence-electron chi connectivity index (χ2n) is 4.48. The summed E-state index contributed by atoms with van der Waals surface area (Å²) in [5.41, 5.74) is 1.45. The van der Waals surface area contributed by atoms with Crippen LogP contribution in [0.15, 0.2) is 29.3 Å². The van der Waals surface area contributed by atoms with Crippen molar-refractivity contribution in [2.24, 2.45) is 4.99 Å². The number of allylic oxidation sites excluding steroid dienone is 2. The summed E-state index contributed by atoms with van der Waals surface area (Å²) in [6, 6.07) is 2.96. The molecular weight excluding hydrogens is 256 g/mol. The van der Waals surface area contributed by atoms with Crippen LogP contribution in [0.5, 0.6) is 0 Å². The van der Waals surface area contributed by atoms with Crippen molar-refractivity contribution in [2.45, 2.75) is 33.1 Å². The average Bonchev–Trinajstić information content (AvgIpc) is 2.42. The van der Waals surface area contributed by atoms with E-state index in [1.165, 1.54) is 6.07 Å². The third kappa shape index (κ3) is 3.85. The molecular formula is C15H18N2O3. The molecule has 1 rings (SSSR count). The van der Waals surface area contributed by atoms with E-state index in [1.807, 2.05) is 12.2 Å². The second-order valence-corrected chi connectivity index (χ2v) is 4.48. The molecule has 1 aromatic carbocycles. The van der Waals surface area contributed by atoms with E-state index in [0.29, 0.717) is 17.5 Å². The van der Waals surface area contributed by atoms with E-state index < -0.39 is 10.8 Å². The van der Waals surface area contributed by atoms with Crippen LogP contribution in [-0.4, -0.2) is 17.5 Å². The van der Waals surface area contributed by atoms with Crippen molar-refractivity contribution >= 4 is 18.3 Å². The van der Waals surface area contributed by atoms with E-state index in [2.05, 4.69) is 18.6 Å². The first kappa shape index (κ1) is 15.8. The van der Waals surface area contributed by atoms with Gasteiger partial charge in [0, 0.05) is 11.6 Å². The van der Waals surface area contributed by atoms with E-state index >= 15 is 0 Å². The Balaban J connectivity index is 3.17. The van der Waals surface area contributed by atoms with E-state index in [1.54, 1.807) is 13.0 Å². The van der Waals surface area contributed by atoms with Crippen LogP contribution >= 0.6 is 0 Å². The standard InChI is InChI=1S/C15H18N2O3/c1-4-5-6-7-8-12-9-11(2)13(15(18)16-3)10-14(12)17(19)20/h6-7,9-10H,3-5,8H2,1-2H3. The molecule has 0 saturated heterocycles. The predicted molar refractivity (Wildman–Crippen MR) is 79.5 cm³/mol. The summed E-state index contributed by atoms with van der Waals surface area (Å²) in [6.45, 7) is 6.97. The lowest BCUT2D eigenvalue weighted by Crippen LogP contribution is -2.03. The molecule has 5 nitrogen and oxygen atoms in total. The van der Waals surface area contributed by atoms with E-state index in [-0.39, 0.29) is 11.3 Å². The Morgan fingerprint density at radius 2 is 2.15 bits per heavy atom. The number of rotatable bonds is 6. The van der Waals surface area contributed by atoms with Crippen LogP contribution in [0.2, 0.25) is 0 Å². The van der Waals surface area contributed by atoms with Crippen molar-refractivity contribution in [3.63, 3.8) is 0 Å².